The smallest absolute Gasteiger partial charge is 0.243 e. The summed E-state index contributed by atoms with van der Waals surface area (Å²) in [6.07, 6.45) is 3.93. The van der Waals surface area contributed by atoms with Gasteiger partial charge in [0.1, 0.15) is 12.1 Å². The fraction of sp³-hybridized carbons (Fsp3) is 0.400. The number of sulfonamides is 1. The van der Waals surface area contributed by atoms with E-state index in [1.54, 1.807) is 28.8 Å². The molecule has 1 saturated heterocycles. The minimum atomic E-state index is -3.47. The Morgan fingerprint density at radius 3 is 2.79 bits per heavy atom. The van der Waals surface area contributed by atoms with Crippen LogP contribution >= 0.6 is 0 Å². The SMILES string of the molecule is Cc1c(C2CCN(S(=O)(=O)c3ccc4c(c3)CCO4)CC2)ccc2ncnn12. The average molecular weight is 398 g/mol. The fourth-order valence-electron chi connectivity index (χ4n) is 4.34. The third-order valence-electron chi connectivity index (χ3n) is 5.91. The van der Waals surface area contributed by atoms with Gasteiger partial charge in [0.05, 0.1) is 11.5 Å². The minimum Gasteiger partial charge on any atom is -0.493 e. The standard InChI is InChI=1S/C20H22N4O3S/c1-14-18(3-5-20-21-13-22-24(14)20)15-6-9-23(10-7-15)28(25,26)17-2-4-19-16(12-17)8-11-27-19/h2-5,12-13,15H,6-11H2,1H3. The van der Waals surface area contributed by atoms with Crippen molar-refractivity contribution in [1.29, 1.82) is 0 Å². The van der Waals surface area contributed by atoms with Crippen molar-refractivity contribution < 1.29 is 13.2 Å². The third kappa shape index (κ3) is 2.79. The number of piperidine rings is 1. The highest BCUT2D eigenvalue weighted by atomic mass is 32.2. The summed E-state index contributed by atoms with van der Waals surface area (Å²) >= 11 is 0. The van der Waals surface area contributed by atoms with Gasteiger partial charge in [-0.2, -0.15) is 9.40 Å². The first-order chi connectivity index (χ1) is 13.5. The maximum atomic E-state index is 13.1. The van der Waals surface area contributed by atoms with E-state index >= 15 is 0 Å². The minimum absolute atomic E-state index is 0.327. The summed E-state index contributed by atoms with van der Waals surface area (Å²) in [5.41, 5.74) is 4.12. The summed E-state index contributed by atoms with van der Waals surface area (Å²) in [5.74, 6) is 1.13. The highest BCUT2D eigenvalue weighted by Crippen LogP contribution is 2.34. The summed E-state index contributed by atoms with van der Waals surface area (Å²) in [6, 6.07) is 9.29. The van der Waals surface area contributed by atoms with E-state index in [2.05, 4.69) is 16.1 Å². The molecule has 3 aromatic rings. The Labute approximate surface area is 164 Å². The van der Waals surface area contributed by atoms with Gasteiger partial charge in [0, 0.05) is 25.2 Å². The molecule has 0 bridgehead atoms. The molecule has 1 fully saturated rings. The molecule has 5 rings (SSSR count). The Hall–Kier alpha value is -2.45. The maximum Gasteiger partial charge on any atom is 0.243 e. The summed E-state index contributed by atoms with van der Waals surface area (Å²) in [7, 11) is -3.47. The molecule has 7 nitrogen and oxygen atoms in total. The highest BCUT2D eigenvalue weighted by molar-refractivity contribution is 7.89. The van der Waals surface area contributed by atoms with Crippen molar-refractivity contribution in [3.63, 3.8) is 0 Å². The molecule has 0 aliphatic carbocycles. The van der Waals surface area contributed by atoms with Gasteiger partial charge in [-0.05, 0) is 61.1 Å². The van der Waals surface area contributed by atoms with Crippen LogP contribution in [0.15, 0.2) is 41.6 Å². The van der Waals surface area contributed by atoms with Crippen molar-refractivity contribution in [3.05, 3.63) is 53.5 Å². The van der Waals surface area contributed by atoms with Crippen LogP contribution in [0.1, 0.15) is 35.6 Å². The molecule has 0 unspecified atom stereocenters. The number of hydrogen-bond donors (Lipinski definition) is 0. The van der Waals surface area contributed by atoms with Gasteiger partial charge in [-0.1, -0.05) is 6.07 Å². The summed E-state index contributed by atoms with van der Waals surface area (Å²) in [6.45, 7) is 3.72. The third-order valence-corrected chi connectivity index (χ3v) is 7.81. The van der Waals surface area contributed by atoms with Gasteiger partial charge >= 0.3 is 0 Å². The van der Waals surface area contributed by atoms with E-state index in [4.69, 9.17) is 4.74 Å². The number of pyridine rings is 1. The van der Waals surface area contributed by atoms with Gasteiger partial charge in [-0.15, -0.1) is 0 Å². The summed E-state index contributed by atoms with van der Waals surface area (Å²) in [4.78, 5) is 4.59. The Kier molecular flexibility index (Phi) is 4.13. The van der Waals surface area contributed by atoms with Crippen LogP contribution in [0.4, 0.5) is 0 Å². The second kappa shape index (κ2) is 6.56. The van der Waals surface area contributed by atoms with Crippen molar-refractivity contribution in [2.45, 2.75) is 37.0 Å². The number of benzene rings is 1. The Bertz CT molecular complexity index is 1150. The zero-order chi connectivity index (χ0) is 19.3. The van der Waals surface area contributed by atoms with Gasteiger partial charge in [0.2, 0.25) is 10.0 Å². The molecule has 2 aliphatic heterocycles. The van der Waals surface area contributed by atoms with E-state index in [0.717, 1.165) is 41.9 Å². The second-order valence-electron chi connectivity index (χ2n) is 7.45. The molecule has 1 aromatic carbocycles. The van der Waals surface area contributed by atoms with Crippen LogP contribution in [0.25, 0.3) is 5.65 Å². The van der Waals surface area contributed by atoms with Gasteiger partial charge in [-0.25, -0.2) is 17.9 Å². The molecular formula is C20H22N4O3S. The van der Waals surface area contributed by atoms with Crippen molar-refractivity contribution in [1.82, 2.24) is 18.9 Å². The average Bonchev–Trinajstić information content (AvgIpc) is 3.37. The summed E-state index contributed by atoms with van der Waals surface area (Å²) in [5, 5.41) is 4.29. The van der Waals surface area contributed by atoms with Gasteiger partial charge in [0.25, 0.3) is 0 Å². The maximum absolute atomic E-state index is 13.1. The molecule has 0 saturated carbocycles. The predicted octanol–water partition coefficient (Wildman–Crippen LogP) is 2.54. The Balaban J connectivity index is 1.35. The number of nitrogens with zero attached hydrogens (tertiary/aromatic N) is 4. The lowest BCUT2D eigenvalue weighted by Crippen LogP contribution is -2.38. The van der Waals surface area contributed by atoms with Crippen LogP contribution in [-0.4, -0.2) is 47.0 Å². The van der Waals surface area contributed by atoms with E-state index in [0.29, 0.717) is 30.5 Å². The molecule has 28 heavy (non-hydrogen) atoms. The number of ether oxygens (including phenoxy) is 1. The number of aryl methyl sites for hydroxylation is 1. The molecule has 0 radical (unpaired) electrons. The van der Waals surface area contributed by atoms with Crippen LogP contribution in [0.3, 0.4) is 0 Å². The van der Waals surface area contributed by atoms with Crippen LogP contribution in [0, 0.1) is 6.92 Å². The van der Waals surface area contributed by atoms with E-state index in [9.17, 15) is 8.42 Å². The van der Waals surface area contributed by atoms with E-state index in [1.807, 2.05) is 17.5 Å². The lowest BCUT2D eigenvalue weighted by atomic mass is 9.89. The lowest BCUT2D eigenvalue weighted by molar-refractivity contribution is 0.318. The molecule has 0 amide bonds. The molecule has 4 heterocycles. The zero-order valence-corrected chi connectivity index (χ0v) is 16.5. The van der Waals surface area contributed by atoms with E-state index in [-0.39, 0.29) is 0 Å². The fourth-order valence-corrected chi connectivity index (χ4v) is 5.86. The zero-order valence-electron chi connectivity index (χ0n) is 15.7. The first kappa shape index (κ1) is 17.6. The van der Waals surface area contributed by atoms with Crippen molar-refractivity contribution in [2.75, 3.05) is 19.7 Å². The first-order valence-electron chi connectivity index (χ1n) is 9.59. The largest absolute Gasteiger partial charge is 0.493 e. The Morgan fingerprint density at radius 1 is 1.14 bits per heavy atom. The lowest BCUT2D eigenvalue weighted by Gasteiger charge is -2.32. The molecular weight excluding hydrogens is 376 g/mol. The monoisotopic (exact) mass is 398 g/mol. The van der Waals surface area contributed by atoms with Crippen LogP contribution in [0.5, 0.6) is 5.75 Å². The highest BCUT2D eigenvalue weighted by Gasteiger charge is 2.31. The van der Waals surface area contributed by atoms with Crippen molar-refractivity contribution in [2.24, 2.45) is 0 Å². The number of hydrogen-bond acceptors (Lipinski definition) is 5. The van der Waals surface area contributed by atoms with Crippen LogP contribution in [0.2, 0.25) is 0 Å². The molecule has 8 heteroatoms. The van der Waals surface area contributed by atoms with E-state index < -0.39 is 10.0 Å². The van der Waals surface area contributed by atoms with Gasteiger partial charge < -0.3 is 4.74 Å². The van der Waals surface area contributed by atoms with Crippen molar-refractivity contribution >= 4 is 15.7 Å². The predicted molar refractivity (Wildman–Crippen MR) is 104 cm³/mol. The molecule has 0 N–H and O–H groups in total. The summed E-state index contributed by atoms with van der Waals surface area (Å²) < 4.78 is 35.2. The normalized spacial score (nSPS) is 18.3. The van der Waals surface area contributed by atoms with Crippen molar-refractivity contribution in [3.8, 4) is 5.75 Å². The number of aromatic nitrogens is 3. The van der Waals surface area contributed by atoms with Gasteiger partial charge in [0.15, 0.2) is 5.65 Å². The topological polar surface area (TPSA) is 76.8 Å². The van der Waals surface area contributed by atoms with Gasteiger partial charge in [-0.3, -0.25) is 0 Å². The molecule has 0 atom stereocenters. The molecule has 2 aliphatic rings. The van der Waals surface area contributed by atoms with E-state index in [1.165, 1.54) is 5.56 Å². The number of fused-ring (bicyclic) bond motifs is 2. The quantitative estimate of drug-likeness (QED) is 0.678. The Morgan fingerprint density at radius 2 is 1.96 bits per heavy atom. The molecule has 146 valence electrons. The molecule has 2 aromatic heterocycles. The second-order valence-corrected chi connectivity index (χ2v) is 9.39. The van der Waals surface area contributed by atoms with Crippen LogP contribution in [-0.2, 0) is 16.4 Å². The number of rotatable bonds is 3. The van der Waals surface area contributed by atoms with Crippen LogP contribution < -0.4 is 4.74 Å². The first-order valence-corrected chi connectivity index (χ1v) is 11.0. The molecule has 0 spiro atoms.